The lowest BCUT2D eigenvalue weighted by molar-refractivity contribution is 0.146. The van der Waals surface area contributed by atoms with Crippen LogP contribution in [0, 0.1) is 0 Å². The van der Waals surface area contributed by atoms with Crippen molar-refractivity contribution in [3.05, 3.63) is 35.4 Å². The van der Waals surface area contributed by atoms with Gasteiger partial charge in [-0.2, -0.15) is 0 Å². The van der Waals surface area contributed by atoms with Crippen LogP contribution in [0.2, 0.25) is 0 Å². The first-order valence-corrected chi connectivity index (χ1v) is 4.26. The number of fused-ring (bicyclic) bond motifs is 1. The highest BCUT2D eigenvalue weighted by Crippen LogP contribution is 2.30. The van der Waals surface area contributed by atoms with Gasteiger partial charge in [-0.1, -0.05) is 24.3 Å². The molecule has 1 aromatic carbocycles. The maximum atomic E-state index is 9.78. The minimum Gasteiger partial charge on any atom is -0.387 e. The number of hydrogen-bond acceptors (Lipinski definition) is 2. The van der Waals surface area contributed by atoms with E-state index in [1.807, 2.05) is 25.2 Å². The molecule has 1 aromatic rings. The van der Waals surface area contributed by atoms with Crippen molar-refractivity contribution in [2.45, 2.75) is 18.6 Å². The van der Waals surface area contributed by atoms with Crippen molar-refractivity contribution in [1.29, 1.82) is 0 Å². The predicted molar refractivity (Wildman–Crippen MR) is 48.0 cm³/mol. The molecule has 0 fully saturated rings. The summed E-state index contributed by atoms with van der Waals surface area (Å²) in [6, 6.07) is 8.26. The van der Waals surface area contributed by atoms with Crippen molar-refractivity contribution < 1.29 is 5.11 Å². The van der Waals surface area contributed by atoms with Gasteiger partial charge in [-0.15, -0.1) is 0 Å². The Morgan fingerprint density at radius 3 is 2.83 bits per heavy atom. The second-order valence-corrected chi connectivity index (χ2v) is 3.24. The van der Waals surface area contributed by atoms with E-state index in [9.17, 15) is 5.11 Å². The molecule has 2 unspecified atom stereocenters. The molecule has 2 N–H and O–H groups in total. The summed E-state index contributed by atoms with van der Waals surface area (Å²) in [6.45, 7) is 0. The lowest BCUT2D eigenvalue weighted by atomic mass is 10.1. The van der Waals surface area contributed by atoms with Crippen molar-refractivity contribution in [2.75, 3.05) is 7.05 Å². The summed E-state index contributed by atoms with van der Waals surface area (Å²) < 4.78 is 0. The lowest BCUT2D eigenvalue weighted by Crippen LogP contribution is -2.29. The zero-order valence-corrected chi connectivity index (χ0v) is 7.12. The third kappa shape index (κ3) is 1.04. The minimum absolute atomic E-state index is 0.197. The molecule has 0 heterocycles. The van der Waals surface area contributed by atoms with Gasteiger partial charge in [0.2, 0.25) is 0 Å². The van der Waals surface area contributed by atoms with Gasteiger partial charge < -0.3 is 10.4 Å². The SMILES string of the molecule is CNC1Cc2ccccc2C1O. The molecule has 2 heteroatoms. The first-order valence-electron chi connectivity index (χ1n) is 4.26. The van der Waals surface area contributed by atoms with Crippen molar-refractivity contribution >= 4 is 0 Å². The zero-order chi connectivity index (χ0) is 8.55. The highest BCUT2D eigenvalue weighted by Gasteiger charge is 2.28. The number of aliphatic hydroxyl groups is 1. The standard InChI is InChI=1S/C10H13NO/c1-11-9-6-7-4-2-3-5-8(7)10(9)12/h2-5,9-12H,6H2,1H3. The molecule has 0 saturated carbocycles. The highest BCUT2D eigenvalue weighted by molar-refractivity contribution is 5.35. The largest absolute Gasteiger partial charge is 0.387 e. The van der Waals surface area contributed by atoms with Gasteiger partial charge in [-0.25, -0.2) is 0 Å². The van der Waals surface area contributed by atoms with Gasteiger partial charge in [0.1, 0.15) is 0 Å². The first kappa shape index (κ1) is 7.77. The van der Waals surface area contributed by atoms with E-state index in [1.54, 1.807) is 0 Å². The Kier molecular flexibility index (Phi) is 1.87. The molecule has 0 aromatic heterocycles. The minimum atomic E-state index is -0.328. The summed E-state index contributed by atoms with van der Waals surface area (Å²) >= 11 is 0. The zero-order valence-electron chi connectivity index (χ0n) is 7.12. The fraction of sp³-hybridized carbons (Fsp3) is 0.400. The molecule has 2 atom stereocenters. The molecular weight excluding hydrogens is 150 g/mol. The number of nitrogens with one attached hydrogen (secondary N) is 1. The summed E-state index contributed by atoms with van der Waals surface area (Å²) in [6.07, 6.45) is 0.611. The Morgan fingerprint density at radius 2 is 2.17 bits per heavy atom. The number of aliphatic hydroxyl groups excluding tert-OH is 1. The Labute approximate surface area is 72.2 Å². The molecule has 64 valence electrons. The van der Waals surface area contributed by atoms with Crippen molar-refractivity contribution in [3.63, 3.8) is 0 Å². The van der Waals surface area contributed by atoms with Gasteiger partial charge in [0, 0.05) is 6.04 Å². The van der Waals surface area contributed by atoms with Crippen molar-refractivity contribution in [3.8, 4) is 0 Å². The van der Waals surface area contributed by atoms with Crippen LogP contribution in [0.25, 0.3) is 0 Å². The van der Waals surface area contributed by atoms with Crippen LogP contribution in [0.5, 0.6) is 0 Å². The Hall–Kier alpha value is -0.860. The second-order valence-electron chi connectivity index (χ2n) is 3.24. The van der Waals surface area contributed by atoms with E-state index in [-0.39, 0.29) is 12.1 Å². The van der Waals surface area contributed by atoms with Crippen LogP contribution in [0.15, 0.2) is 24.3 Å². The topological polar surface area (TPSA) is 32.3 Å². The summed E-state index contributed by atoms with van der Waals surface area (Å²) in [5.41, 5.74) is 2.35. The van der Waals surface area contributed by atoms with Crippen LogP contribution < -0.4 is 5.32 Å². The molecule has 0 saturated heterocycles. The lowest BCUT2D eigenvalue weighted by Gasteiger charge is -2.12. The molecule has 2 nitrogen and oxygen atoms in total. The van der Waals surface area contributed by atoms with Gasteiger partial charge in [-0.05, 0) is 24.6 Å². The van der Waals surface area contributed by atoms with Gasteiger partial charge in [0.25, 0.3) is 0 Å². The molecule has 0 radical (unpaired) electrons. The van der Waals surface area contributed by atoms with E-state index in [0.29, 0.717) is 0 Å². The van der Waals surface area contributed by atoms with E-state index >= 15 is 0 Å². The maximum Gasteiger partial charge on any atom is 0.0948 e. The molecule has 0 bridgehead atoms. The monoisotopic (exact) mass is 163 g/mol. The summed E-state index contributed by atoms with van der Waals surface area (Å²) in [5.74, 6) is 0. The summed E-state index contributed by atoms with van der Waals surface area (Å²) in [5, 5.41) is 12.9. The second kappa shape index (κ2) is 2.88. The molecular formula is C10H13NO. The Balaban J connectivity index is 2.35. The number of likely N-dealkylation sites (N-methyl/N-ethyl adjacent to an activating group) is 1. The van der Waals surface area contributed by atoms with E-state index in [0.717, 1.165) is 12.0 Å². The van der Waals surface area contributed by atoms with E-state index in [4.69, 9.17) is 0 Å². The van der Waals surface area contributed by atoms with Gasteiger partial charge >= 0.3 is 0 Å². The third-order valence-corrected chi connectivity index (χ3v) is 2.57. The Morgan fingerprint density at radius 1 is 1.42 bits per heavy atom. The van der Waals surface area contributed by atoms with Gasteiger partial charge in [-0.3, -0.25) is 0 Å². The van der Waals surface area contributed by atoms with Crippen LogP contribution in [-0.2, 0) is 6.42 Å². The fourth-order valence-electron chi connectivity index (χ4n) is 1.83. The quantitative estimate of drug-likeness (QED) is 0.643. The summed E-state index contributed by atoms with van der Waals surface area (Å²) in [7, 11) is 1.89. The smallest absolute Gasteiger partial charge is 0.0948 e. The van der Waals surface area contributed by atoms with E-state index in [1.165, 1.54) is 5.56 Å². The highest BCUT2D eigenvalue weighted by atomic mass is 16.3. The molecule has 12 heavy (non-hydrogen) atoms. The summed E-state index contributed by atoms with van der Waals surface area (Å²) in [4.78, 5) is 0. The molecule has 1 aliphatic rings. The van der Waals surface area contributed by atoms with Crippen LogP contribution in [-0.4, -0.2) is 18.2 Å². The van der Waals surface area contributed by atoms with Crippen LogP contribution in [0.4, 0.5) is 0 Å². The molecule has 0 spiro atoms. The first-order chi connectivity index (χ1) is 5.83. The molecule has 2 rings (SSSR count). The fourth-order valence-corrected chi connectivity index (χ4v) is 1.83. The van der Waals surface area contributed by atoms with Gasteiger partial charge in [0.05, 0.1) is 6.10 Å². The van der Waals surface area contributed by atoms with Gasteiger partial charge in [0.15, 0.2) is 0 Å². The number of rotatable bonds is 1. The number of benzene rings is 1. The average Bonchev–Trinajstić information content (AvgIpc) is 2.44. The average molecular weight is 163 g/mol. The third-order valence-electron chi connectivity index (χ3n) is 2.57. The normalized spacial score (nSPS) is 27.2. The number of hydrogen-bond donors (Lipinski definition) is 2. The van der Waals surface area contributed by atoms with Crippen LogP contribution in [0.1, 0.15) is 17.2 Å². The van der Waals surface area contributed by atoms with E-state index in [2.05, 4.69) is 11.4 Å². The predicted octanol–water partition coefficient (Wildman–Crippen LogP) is 0.864. The van der Waals surface area contributed by atoms with E-state index < -0.39 is 0 Å². The van der Waals surface area contributed by atoms with Crippen LogP contribution >= 0.6 is 0 Å². The molecule has 1 aliphatic carbocycles. The van der Waals surface area contributed by atoms with Crippen LogP contribution in [0.3, 0.4) is 0 Å². The van der Waals surface area contributed by atoms with Crippen molar-refractivity contribution in [1.82, 2.24) is 5.32 Å². The van der Waals surface area contributed by atoms with Crippen molar-refractivity contribution in [2.24, 2.45) is 0 Å². The molecule has 0 amide bonds. The maximum absolute atomic E-state index is 9.78. The Bertz CT molecular complexity index is 285. The molecule has 0 aliphatic heterocycles.